The number of aromatic carboxylic acids is 1. The van der Waals surface area contributed by atoms with Crippen LogP contribution in [0.4, 0.5) is 21.0 Å². The maximum atomic E-state index is 14.2. The first-order valence-corrected chi connectivity index (χ1v) is 18.0. The molecule has 0 bridgehead atoms. The minimum atomic E-state index is -1.19. The molecule has 2 N–H and O–H groups in total. The number of hydrogen-bond donors (Lipinski definition) is 2. The number of fused-ring (bicyclic) bond motifs is 1. The van der Waals surface area contributed by atoms with Gasteiger partial charge in [-0.15, -0.1) is 0 Å². The second-order valence-corrected chi connectivity index (χ2v) is 14.7. The number of aromatic hydroxyl groups is 1. The third kappa shape index (κ3) is 8.40. The minimum Gasteiger partial charge on any atom is -0.494 e. The van der Waals surface area contributed by atoms with Crippen molar-refractivity contribution in [3.05, 3.63) is 89.5 Å². The van der Waals surface area contributed by atoms with Crippen LogP contribution in [0.1, 0.15) is 42.3 Å². The van der Waals surface area contributed by atoms with Crippen molar-refractivity contribution in [2.24, 2.45) is 4.99 Å². The molecule has 0 spiro atoms. The highest BCUT2D eigenvalue weighted by molar-refractivity contribution is 6.23. The molecule has 0 unspecified atom stereocenters. The first-order chi connectivity index (χ1) is 25.7. The molecular weight excluding hydrogens is 690 g/mol. The van der Waals surface area contributed by atoms with Gasteiger partial charge in [0.2, 0.25) is 11.8 Å². The quantitative estimate of drug-likeness (QED) is 0.251. The molecule has 0 aliphatic carbocycles. The normalized spacial score (nSPS) is 16.1. The van der Waals surface area contributed by atoms with E-state index in [1.54, 1.807) is 50.9 Å². The van der Waals surface area contributed by atoms with E-state index in [1.165, 1.54) is 21.9 Å². The van der Waals surface area contributed by atoms with Crippen LogP contribution in [0, 0.1) is 0 Å². The topological polar surface area (TPSA) is 151 Å². The highest BCUT2D eigenvalue weighted by atomic mass is 16.6. The van der Waals surface area contributed by atoms with E-state index >= 15 is 0 Å². The molecule has 3 aromatic carbocycles. The van der Waals surface area contributed by atoms with Gasteiger partial charge in [0.1, 0.15) is 5.60 Å². The van der Waals surface area contributed by atoms with Crippen molar-refractivity contribution in [1.29, 1.82) is 0 Å². The second kappa shape index (κ2) is 15.7. The number of nitrogens with zero attached hydrogens (tertiary/aromatic N) is 7. The zero-order valence-electron chi connectivity index (χ0n) is 31.4. The number of benzene rings is 3. The van der Waals surface area contributed by atoms with Gasteiger partial charge >= 0.3 is 18.1 Å². The van der Waals surface area contributed by atoms with Gasteiger partial charge in [-0.2, -0.15) is 0 Å². The molecule has 14 nitrogen and oxygen atoms in total. The number of anilines is 1. The number of piperazine rings is 2. The Labute approximate surface area is 314 Å². The van der Waals surface area contributed by atoms with E-state index in [-0.39, 0.29) is 48.7 Å². The zero-order chi connectivity index (χ0) is 38.7. The van der Waals surface area contributed by atoms with Crippen molar-refractivity contribution >= 4 is 52.0 Å². The van der Waals surface area contributed by atoms with Gasteiger partial charge in [0.25, 0.3) is 0 Å². The fourth-order valence-electron chi connectivity index (χ4n) is 6.57. The molecule has 0 radical (unpaired) electrons. The van der Waals surface area contributed by atoms with Crippen molar-refractivity contribution in [3.63, 3.8) is 0 Å². The average Bonchev–Trinajstić information content (AvgIpc) is 3.44. The van der Waals surface area contributed by atoms with E-state index in [1.807, 2.05) is 42.5 Å². The number of hydrogen-bond acceptors (Lipinski definition) is 9. The van der Waals surface area contributed by atoms with E-state index in [0.29, 0.717) is 34.6 Å². The van der Waals surface area contributed by atoms with Gasteiger partial charge in [-0.1, -0.05) is 36.4 Å². The van der Waals surface area contributed by atoms with Crippen LogP contribution in [0.15, 0.2) is 77.8 Å². The van der Waals surface area contributed by atoms with Crippen molar-refractivity contribution < 1.29 is 34.1 Å². The summed E-state index contributed by atoms with van der Waals surface area (Å²) in [6, 6.07) is 20.2. The number of aliphatic imine (C=N–C) groups is 1. The SMILES string of the molecule is CN1CCN(CC(=O)N(C)c2ccc(N=C(c3ccccc3)c3c(O)n(C(=O)N4CCN(C(=O)OC(C)(C)C)CC4)c4cc(C(=O)O)ccc34)cc2)CC1. The van der Waals surface area contributed by atoms with Crippen molar-refractivity contribution in [1.82, 2.24) is 24.2 Å². The maximum Gasteiger partial charge on any atom is 0.410 e. The van der Waals surface area contributed by atoms with Gasteiger partial charge in [0.05, 0.1) is 34.6 Å². The molecule has 1 aromatic heterocycles. The van der Waals surface area contributed by atoms with Crippen LogP contribution >= 0.6 is 0 Å². The maximum absolute atomic E-state index is 14.2. The highest BCUT2D eigenvalue weighted by Crippen LogP contribution is 2.36. The number of likely N-dealkylation sites (N-methyl/N-ethyl adjacent to an activating group) is 2. The van der Waals surface area contributed by atoms with Gasteiger partial charge in [-0.05, 0) is 64.2 Å². The molecule has 3 amide bonds. The third-order valence-electron chi connectivity index (χ3n) is 9.67. The van der Waals surface area contributed by atoms with Crippen LogP contribution in [0.25, 0.3) is 10.9 Å². The molecule has 0 atom stereocenters. The fraction of sp³-hybridized carbons (Fsp3) is 0.375. The van der Waals surface area contributed by atoms with Gasteiger partial charge in [0.15, 0.2) is 0 Å². The van der Waals surface area contributed by atoms with Gasteiger partial charge < -0.3 is 34.5 Å². The smallest absolute Gasteiger partial charge is 0.410 e. The summed E-state index contributed by atoms with van der Waals surface area (Å²) < 4.78 is 6.61. The predicted octanol–water partition coefficient (Wildman–Crippen LogP) is 4.95. The molecule has 54 heavy (non-hydrogen) atoms. The molecule has 2 aliphatic rings. The van der Waals surface area contributed by atoms with Crippen LogP contribution in [-0.4, -0.2) is 143 Å². The second-order valence-electron chi connectivity index (χ2n) is 14.7. The highest BCUT2D eigenvalue weighted by Gasteiger charge is 2.32. The van der Waals surface area contributed by atoms with Crippen LogP contribution < -0.4 is 4.90 Å². The molecule has 4 aromatic rings. The van der Waals surface area contributed by atoms with Crippen molar-refractivity contribution in [2.75, 3.05) is 77.9 Å². The summed E-state index contributed by atoms with van der Waals surface area (Å²) in [7, 11) is 3.82. The van der Waals surface area contributed by atoms with Gasteiger partial charge in [-0.25, -0.2) is 23.9 Å². The first kappa shape index (κ1) is 38.0. The molecule has 0 saturated carbocycles. The number of carboxylic acid groups (broad SMARTS) is 1. The first-order valence-electron chi connectivity index (χ1n) is 18.0. The molecule has 3 heterocycles. The summed E-state index contributed by atoms with van der Waals surface area (Å²) >= 11 is 0. The lowest BCUT2D eigenvalue weighted by Gasteiger charge is -2.35. The molecule has 6 rings (SSSR count). The summed E-state index contributed by atoms with van der Waals surface area (Å²) in [5, 5.41) is 22.3. The summed E-state index contributed by atoms with van der Waals surface area (Å²) in [5.41, 5.74) is 1.95. The molecule has 284 valence electrons. The number of aromatic nitrogens is 1. The van der Waals surface area contributed by atoms with E-state index in [0.717, 1.165) is 30.7 Å². The largest absolute Gasteiger partial charge is 0.494 e. The Morgan fingerprint density at radius 1 is 0.815 bits per heavy atom. The summed E-state index contributed by atoms with van der Waals surface area (Å²) in [6.07, 6.45) is -0.474. The van der Waals surface area contributed by atoms with E-state index < -0.39 is 29.6 Å². The Morgan fingerprint density at radius 3 is 2.06 bits per heavy atom. The van der Waals surface area contributed by atoms with Crippen LogP contribution in [0.2, 0.25) is 0 Å². The van der Waals surface area contributed by atoms with E-state index in [2.05, 4.69) is 16.8 Å². The molecular formula is C40H47N7O7. The summed E-state index contributed by atoms with van der Waals surface area (Å²) in [5.74, 6) is -1.61. The minimum absolute atomic E-state index is 0.0184. The lowest BCUT2D eigenvalue weighted by molar-refractivity contribution is -0.119. The predicted molar refractivity (Wildman–Crippen MR) is 206 cm³/mol. The van der Waals surface area contributed by atoms with E-state index in [9.17, 15) is 29.4 Å². The Kier molecular flexibility index (Phi) is 11.1. The Bertz CT molecular complexity index is 2060. The van der Waals surface area contributed by atoms with Crippen LogP contribution in [0.3, 0.4) is 0 Å². The fourth-order valence-corrected chi connectivity index (χ4v) is 6.57. The number of ether oxygens (including phenoxy) is 1. The number of carbonyl (C=O) groups is 4. The Morgan fingerprint density at radius 2 is 1.44 bits per heavy atom. The number of carboxylic acids is 1. The van der Waals surface area contributed by atoms with E-state index in [4.69, 9.17) is 9.73 Å². The molecule has 2 fully saturated rings. The zero-order valence-corrected chi connectivity index (χ0v) is 31.4. The van der Waals surface area contributed by atoms with Crippen LogP contribution in [-0.2, 0) is 9.53 Å². The Hall–Kier alpha value is -5.73. The Balaban J connectivity index is 1.34. The third-order valence-corrected chi connectivity index (χ3v) is 9.67. The molecule has 14 heteroatoms. The number of rotatable bonds is 7. The standard InChI is InChI=1S/C40H47N7O7/c1-40(2,3)54-39(53)46-23-21-45(22-24-46)38(52)47-32-25-28(37(50)51)11-16-31(32)34(36(47)49)35(27-9-7-6-8-10-27)41-29-12-14-30(15-13-29)43(5)33(48)26-44-19-17-42(4)18-20-44/h6-16,25,49H,17-24,26H2,1-5H3,(H,50,51). The average molecular weight is 738 g/mol. The molecule has 2 aliphatic heterocycles. The number of amides is 3. The lowest BCUT2D eigenvalue weighted by atomic mass is 10.00. The van der Waals surface area contributed by atoms with Crippen molar-refractivity contribution in [2.45, 2.75) is 26.4 Å². The van der Waals surface area contributed by atoms with Gasteiger partial charge in [-0.3, -0.25) is 9.69 Å². The lowest BCUT2D eigenvalue weighted by Crippen LogP contribution is -2.52. The monoisotopic (exact) mass is 737 g/mol. The number of carbonyl (C=O) groups excluding carboxylic acids is 3. The summed E-state index contributed by atoms with van der Waals surface area (Å²) in [6.45, 7) is 9.98. The molecule has 2 saturated heterocycles. The summed E-state index contributed by atoms with van der Waals surface area (Å²) in [4.78, 5) is 66.2. The van der Waals surface area contributed by atoms with Crippen molar-refractivity contribution in [3.8, 4) is 5.88 Å². The van der Waals surface area contributed by atoms with Gasteiger partial charge in [0, 0.05) is 76.0 Å². The van der Waals surface area contributed by atoms with Crippen LogP contribution in [0.5, 0.6) is 5.88 Å².